The molecule has 0 saturated heterocycles. The third-order valence-corrected chi connectivity index (χ3v) is 5.91. The Morgan fingerprint density at radius 1 is 1.18 bits per heavy atom. The zero-order valence-corrected chi connectivity index (χ0v) is 19.5. The smallest absolute Gasteiger partial charge is 0.278 e. The molecular weight excluding hydrogens is 412 g/mol. The maximum absolute atomic E-state index is 13.6. The average molecular weight is 443 g/mol. The Balaban J connectivity index is 1.79. The lowest BCUT2D eigenvalue weighted by Crippen LogP contribution is -2.29. The first kappa shape index (κ1) is 22.6. The minimum Gasteiger partial charge on any atom is -0.358 e. The van der Waals surface area contributed by atoms with Gasteiger partial charge in [0, 0.05) is 30.7 Å². The zero-order chi connectivity index (χ0) is 23.2. The summed E-state index contributed by atoms with van der Waals surface area (Å²) >= 11 is 0. The zero-order valence-electron chi connectivity index (χ0n) is 19.5. The molecule has 4 rings (SSSR count). The Labute approximate surface area is 194 Å². The molecule has 0 unspecified atom stereocenters. The summed E-state index contributed by atoms with van der Waals surface area (Å²) in [5, 5.41) is 5.35. The maximum atomic E-state index is 13.6. The van der Waals surface area contributed by atoms with Crippen LogP contribution in [0.3, 0.4) is 0 Å². The van der Waals surface area contributed by atoms with Crippen molar-refractivity contribution in [1.29, 1.82) is 0 Å². The van der Waals surface area contributed by atoms with Gasteiger partial charge in [-0.25, -0.2) is 4.98 Å². The quantitative estimate of drug-likeness (QED) is 0.318. The number of aromatic nitrogens is 4. The van der Waals surface area contributed by atoms with E-state index in [4.69, 9.17) is 0 Å². The predicted octanol–water partition coefficient (Wildman–Crippen LogP) is 3.25. The van der Waals surface area contributed by atoms with Gasteiger partial charge in [-0.05, 0) is 45.3 Å². The Morgan fingerprint density at radius 3 is 2.82 bits per heavy atom. The van der Waals surface area contributed by atoms with Crippen molar-refractivity contribution in [1.82, 2.24) is 24.4 Å². The lowest BCUT2D eigenvalue weighted by atomic mass is 10.1. The van der Waals surface area contributed by atoms with E-state index in [9.17, 15) is 4.79 Å². The van der Waals surface area contributed by atoms with E-state index in [-0.39, 0.29) is 5.56 Å². The van der Waals surface area contributed by atoms with Crippen LogP contribution < -0.4 is 15.8 Å². The first-order chi connectivity index (χ1) is 16.2. The minimum atomic E-state index is -0.0786. The van der Waals surface area contributed by atoms with Crippen molar-refractivity contribution in [2.24, 2.45) is 0 Å². The molecule has 7 heteroatoms. The molecule has 3 aromatic heterocycles. The molecule has 0 amide bonds. The number of fused-ring (bicyclic) bond motifs is 2. The fraction of sp³-hybridized carbons (Fsp3) is 0.346. The lowest BCUT2D eigenvalue weighted by molar-refractivity contribution is 0.675. The number of anilines is 1. The lowest BCUT2D eigenvalue weighted by Gasteiger charge is -2.24. The number of nitrogens with zero attached hydrogens (tertiary/aromatic N) is 5. The Morgan fingerprint density at radius 2 is 2.03 bits per heavy atom. The van der Waals surface area contributed by atoms with Gasteiger partial charge in [-0.1, -0.05) is 30.2 Å². The van der Waals surface area contributed by atoms with Gasteiger partial charge < -0.3 is 14.8 Å². The van der Waals surface area contributed by atoms with E-state index in [1.54, 1.807) is 17.1 Å². The van der Waals surface area contributed by atoms with Crippen molar-refractivity contribution >= 4 is 27.6 Å². The number of hydrogen-bond acceptors (Lipinski definition) is 5. The second-order valence-corrected chi connectivity index (χ2v) is 7.94. The van der Waals surface area contributed by atoms with E-state index in [1.807, 2.05) is 48.9 Å². The molecule has 0 fully saturated rings. The molecule has 33 heavy (non-hydrogen) atoms. The molecule has 4 aromatic rings. The van der Waals surface area contributed by atoms with Gasteiger partial charge in [0.2, 0.25) is 0 Å². The topological polar surface area (TPSA) is 68.0 Å². The first-order valence-electron chi connectivity index (χ1n) is 11.4. The van der Waals surface area contributed by atoms with Crippen molar-refractivity contribution in [3.05, 3.63) is 65.0 Å². The molecule has 3 heterocycles. The average Bonchev–Trinajstić information content (AvgIpc) is 3.21. The van der Waals surface area contributed by atoms with Crippen LogP contribution in [0, 0.1) is 11.8 Å². The van der Waals surface area contributed by atoms with Crippen LogP contribution >= 0.6 is 0 Å². The van der Waals surface area contributed by atoms with Crippen LogP contribution in [-0.2, 0) is 13.1 Å². The van der Waals surface area contributed by atoms with Gasteiger partial charge in [0.15, 0.2) is 0 Å². The van der Waals surface area contributed by atoms with Crippen LogP contribution in [0.5, 0.6) is 0 Å². The summed E-state index contributed by atoms with van der Waals surface area (Å²) < 4.78 is 3.66. The molecule has 0 radical (unpaired) electrons. The molecule has 0 aliphatic carbocycles. The second kappa shape index (κ2) is 10.3. The van der Waals surface area contributed by atoms with Crippen molar-refractivity contribution < 1.29 is 0 Å². The monoisotopic (exact) mass is 442 g/mol. The number of rotatable bonds is 9. The molecule has 0 saturated carbocycles. The highest BCUT2D eigenvalue weighted by molar-refractivity contribution is 5.84. The summed E-state index contributed by atoms with van der Waals surface area (Å²) in [7, 11) is 1.96. The highest BCUT2D eigenvalue weighted by Gasteiger charge is 2.18. The van der Waals surface area contributed by atoms with Crippen molar-refractivity contribution in [3.8, 4) is 11.8 Å². The van der Waals surface area contributed by atoms with Crippen LogP contribution in [0.25, 0.3) is 21.8 Å². The minimum absolute atomic E-state index is 0.0786. The van der Waals surface area contributed by atoms with E-state index in [2.05, 4.69) is 45.0 Å². The third-order valence-electron chi connectivity index (χ3n) is 5.91. The van der Waals surface area contributed by atoms with Gasteiger partial charge >= 0.3 is 0 Å². The molecular formula is C26H30N6O. The summed E-state index contributed by atoms with van der Waals surface area (Å²) in [4.78, 5) is 25.1. The van der Waals surface area contributed by atoms with Crippen LogP contribution in [-0.4, -0.2) is 45.8 Å². The molecule has 170 valence electrons. The predicted molar refractivity (Wildman–Crippen MR) is 135 cm³/mol. The third kappa shape index (κ3) is 4.62. The Hall–Kier alpha value is -3.63. The molecule has 0 atom stereocenters. The fourth-order valence-electron chi connectivity index (χ4n) is 4.21. The van der Waals surface area contributed by atoms with Gasteiger partial charge in [0.25, 0.3) is 5.56 Å². The standard InChI is InChI=1S/C26H30N6O/c1-4-6-16-32-24(30(5-2)15-9-13-27-3)17-22-25(32)26(33)31(19-29-22)18-23-21-11-8-7-10-20(21)12-14-28-23/h7-8,10-12,14,17,19,27H,5,9,13,15-16,18H2,1-3H3. The van der Waals surface area contributed by atoms with Crippen LogP contribution in [0.1, 0.15) is 26.0 Å². The second-order valence-electron chi connectivity index (χ2n) is 7.94. The van der Waals surface area contributed by atoms with E-state index in [1.165, 1.54) is 0 Å². The first-order valence-corrected chi connectivity index (χ1v) is 11.4. The number of benzene rings is 1. The van der Waals surface area contributed by atoms with Crippen molar-refractivity contribution in [2.45, 2.75) is 33.4 Å². The van der Waals surface area contributed by atoms with Gasteiger partial charge in [0.1, 0.15) is 11.3 Å². The van der Waals surface area contributed by atoms with Crippen LogP contribution in [0.4, 0.5) is 5.82 Å². The van der Waals surface area contributed by atoms with E-state index in [0.717, 1.165) is 48.3 Å². The fourth-order valence-corrected chi connectivity index (χ4v) is 4.21. The van der Waals surface area contributed by atoms with Crippen molar-refractivity contribution in [2.75, 3.05) is 31.6 Å². The highest BCUT2D eigenvalue weighted by atomic mass is 16.1. The van der Waals surface area contributed by atoms with E-state index >= 15 is 0 Å². The van der Waals surface area contributed by atoms with E-state index < -0.39 is 0 Å². The Kier molecular flexibility index (Phi) is 7.06. The normalized spacial score (nSPS) is 11.0. The largest absolute Gasteiger partial charge is 0.358 e. The van der Waals surface area contributed by atoms with Gasteiger partial charge in [-0.15, -0.1) is 5.92 Å². The van der Waals surface area contributed by atoms with Gasteiger partial charge in [-0.2, -0.15) is 0 Å². The van der Waals surface area contributed by atoms with Crippen LogP contribution in [0.15, 0.2) is 53.7 Å². The molecule has 7 nitrogen and oxygen atoms in total. The Bertz CT molecular complexity index is 1370. The summed E-state index contributed by atoms with van der Waals surface area (Å²) in [6.45, 7) is 7.43. The maximum Gasteiger partial charge on any atom is 0.278 e. The van der Waals surface area contributed by atoms with Crippen LogP contribution in [0.2, 0.25) is 0 Å². The molecule has 0 aliphatic rings. The molecule has 1 N–H and O–H groups in total. The highest BCUT2D eigenvalue weighted by Crippen LogP contribution is 2.24. The van der Waals surface area contributed by atoms with Crippen molar-refractivity contribution in [3.63, 3.8) is 0 Å². The molecule has 1 aromatic carbocycles. The summed E-state index contributed by atoms with van der Waals surface area (Å²) in [5.74, 6) is 7.08. The number of pyridine rings is 1. The molecule has 0 aliphatic heterocycles. The summed E-state index contributed by atoms with van der Waals surface area (Å²) in [5.41, 5.74) is 2.06. The SMILES string of the molecule is CC#CCn1c(N(CC)CCCNC)cc2ncn(Cc3nccc4ccccc34)c(=O)c21. The van der Waals surface area contributed by atoms with Gasteiger partial charge in [-0.3, -0.25) is 14.3 Å². The van der Waals surface area contributed by atoms with E-state index in [0.29, 0.717) is 24.1 Å². The number of nitrogens with one attached hydrogen (secondary N) is 1. The molecule has 0 bridgehead atoms. The summed E-state index contributed by atoms with van der Waals surface area (Å²) in [6.07, 6.45) is 4.43. The van der Waals surface area contributed by atoms with Gasteiger partial charge in [0.05, 0.1) is 30.6 Å². The summed E-state index contributed by atoms with van der Waals surface area (Å²) in [6, 6.07) is 12.1. The molecule has 0 spiro atoms. The number of hydrogen-bond donors (Lipinski definition) is 1.